The lowest BCUT2D eigenvalue weighted by Gasteiger charge is -2.30. The van der Waals surface area contributed by atoms with Crippen LogP contribution in [-0.2, 0) is 5.41 Å². The predicted molar refractivity (Wildman–Crippen MR) is 79.7 cm³/mol. The van der Waals surface area contributed by atoms with Crippen molar-refractivity contribution in [2.24, 2.45) is 0 Å². The highest BCUT2D eigenvalue weighted by Crippen LogP contribution is 2.47. The van der Waals surface area contributed by atoms with Crippen LogP contribution < -0.4 is 4.74 Å². The molecule has 0 amide bonds. The van der Waals surface area contributed by atoms with E-state index in [-0.39, 0.29) is 16.7 Å². The van der Waals surface area contributed by atoms with Crippen molar-refractivity contribution in [3.63, 3.8) is 0 Å². The number of unbranched alkanes of at least 4 members (excludes halogenated alkanes) is 1. The molecule has 0 aromatic heterocycles. The van der Waals surface area contributed by atoms with E-state index < -0.39 is 0 Å². The van der Waals surface area contributed by atoms with Gasteiger partial charge in [-0.1, -0.05) is 32.6 Å². The Morgan fingerprint density at radius 1 is 1.35 bits per heavy atom. The van der Waals surface area contributed by atoms with E-state index in [4.69, 9.17) is 4.74 Å². The normalized spacial score (nSPS) is 17.1. The van der Waals surface area contributed by atoms with Crippen molar-refractivity contribution in [2.75, 3.05) is 7.11 Å². The number of ether oxygens (including phenoxy) is 1. The summed E-state index contributed by atoms with van der Waals surface area (Å²) in [6, 6.07) is 3.72. The summed E-state index contributed by atoms with van der Waals surface area (Å²) in [5, 5.41) is 10.1. The first kappa shape index (κ1) is 14.9. The standard InChI is InChI=1S/C17H24O3/c1-3-4-7-17(8-5-6-9-17)13-10-15(19)14(12-18)16(11-13)20-2/h10-12,19H,3-9H2,1-2H3. The fourth-order valence-electron chi connectivity index (χ4n) is 3.46. The molecule has 0 atom stereocenters. The van der Waals surface area contributed by atoms with E-state index in [1.807, 2.05) is 6.07 Å². The number of aldehydes is 1. The molecule has 20 heavy (non-hydrogen) atoms. The number of hydrogen-bond acceptors (Lipinski definition) is 3. The van der Waals surface area contributed by atoms with Crippen LogP contribution in [0.3, 0.4) is 0 Å². The maximum absolute atomic E-state index is 11.1. The van der Waals surface area contributed by atoms with Crippen LogP contribution in [0.5, 0.6) is 11.5 Å². The van der Waals surface area contributed by atoms with Crippen molar-refractivity contribution in [2.45, 2.75) is 57.3 Å². The lowest BCUT2D eigenvalue weighted by Crippen LogP contribution is -2.22. The molecule has 1 saturated carbocycles. The summed E-state index contributed by atoms with van der Waals surface area (Å²) < 4.78 is 5.28. The van der Waals surface area contributed by atoms with E-state index >= 15 is 0 Å². The van der Waals surface area contributed by atoms with Gasteiger partial charge in [-0.25, -0.2) is 0 Å². The largest absolute Gasteiger partial charge is 0.507 e. The molecule has 2 rings (SSSR count). The maximum atomic E-state index is 11.1. The van der Waals surface area contributed by atoms with Crippen LogP contribution in [0.25, 0.3) is 0 Å². The minimum atomic E-state index is 0.0390. The molecule has 1 fully saturated rings. The lowest BCUT2D eigenvalue weighted by atomic mass is 9.74. The molecule has 0 aliphatic heterocycles. The minimum absolute atomic E-state index is 0.0390. The topological polar surface area (TPSA) is 46.5 Å². The zero-order chi connectivity index (χ0) is 14.6. The van der Waals surface area contributed by atoms with Gasteiger partial charge in [-0.05, 0) is 42.4 Å². The number of methoxy groups -OCH3 is 1. The first-order chi connectivity index (χ1) is 9.66. The predicted octanol–water partition coefficient (Wildman–Crippen LogP) is 4.22. The number of carbonyl (C=O) groups is 1. The van der Waals surface area contributed by atoms with E-state index in [1.165, 1.54) is 25.7 Å². The van der Waals surface area contributed by atoms with E-state index in [2.05, 4.69) is 6.92 Å². The molecular weight excluding hydrogens is 252 g/mol. The highest BCUT2D eigenvalue weighted by molar-refractivity contribution is 5.84. The third kappa shape index (κ3) is 2.67. The van der Waals surface area contributed by atoms with E-state index in [9.17, 15) is 9.90 Å². The molecule has 0 saturated heterocycles. The third-order valence-corrected chi connectivity index (χ3v) is 4.64. The van der Waals surface area contributed by atoms with Crippen molar-refractivity contribution in [3.05, 3.63) is 23.3 Å². The van der Waals surface area contributed by atoms with Gasteiger partial charge in [-0.2, -0.15) is 0 Å². The number of phenols is 1. The summed E-state index contributed by atoms with van der Waals surface area (Å²) in [7, 11) is 1.54. The van der Waals surface area contributed by atoms with Gasteiger partial charge in [0.05, 0.1) is 12.7 Å². The van der Waals surface area contributed by atoms with Gasteiger partial charge in [0.15, 0.2) is 6.29 Å². The average molecular weight is 276 g/mol. The second kappa shape index (κ2) is 6.29. The van der Waals surface area contributed by atoms with Gasteiger partial charge in [-0.3, -0.25) is 4.79 Å². The molecular formula is C17H24O3. The van der Waals surface area contributed by atoms with Crippen molar-refractivity contribution >= 4 is 6.29 Å². The van der Waals surface area contributed by atoms with Gasteiger partial charge in [0.1, 0.15) is 11.5 Å². The summed E-state index contributed by atoms with van der Waals surface area (Å²) in [5.74, 6) is 0.523. The van der Waals surface area contributed by atoms with Crippen LogP contribution in [-0.4, -0.2) is 18.5 Å². The second-order valence-corrected chi connectivity index (χ2v) is 5.82. The van der Waals surface area contributed by atoms with Crippen LogP contribution in [0, 0.1) is 0 Å². The molecule has 0 unspecified atom stereocenters. The smallest absolute Gasteiger partial charge is 0.157 e. The van der Waals surface area contributed by atoms with Gasteiger partial charge in [0.2, 0.25) is 0 Å². The SMILES string of the molecule is CCCCC1(c2cc(O)c(C=O)c(OC)c2)CCCC1. The van der Waals surface area contributed by atoms with Crippen molar-refractivity contribution in [1.29, 1.82) is 0 Å². The molecule has 1 N–H and O–H groups in total. The fraction of sp³-hybridized carbons (Fsp3) is 0.588. The fourth-order valence-corrected chi connectivity index (χ4v) is 3.46. The number of aromatic hydroxyl groups is 1. The van der Waals surface area contributed by atoms with Crippen LogP contribution in [0.15, 0.2) is 12.1 Å². The van der Waals surface area contributed by atoms with E-state index in [0.717, 1.165) is 24.8 Å². The molecule has 0 heterocycles. The molecule has 0 bridgehead atoms. The van der Waals surface area contributed by atoms with Crippen molar-refractivity contribution in [3.8, 4) is 11.5 Å². The molecule has 3 nitrogen and oxygen atoms in total. The number of carbonyl (C=O) groups excluding carboxylic acids is 1. The number of hydrogen-bond donors (Lipinski definition) is 1. The molecule has 1 aromatic carbocycles. The monoisotopic (exact) mass is 276 g/mol. The first-order valence-electron chi connectivity index (χ1n) is 7.53. The number of rotatable bonds is 6. The van der Waals surface area contributed by atoms with Gasteiger partial charge in [0.25, 0.3) is 0 Å². The Hall–Kier alpha value is -1.51. The summed E-state index contributed by atoms with van der Waals surface area (Å²) >= 11 is 0. The summed E-state index contributed by atoms with van der Waals surface area (Å²) in [5.41, 5.74) is 1.53. The molecule has 3 heteroatoms. The first-order valence-corrected chi connectivity index (χ1v) is 7.53. The Bertz CT molecular complexity index is 473. The van der Waals surface area contributed by atoms with Crippen LogP contribution >= 0.6 is 0 Å². The summed E-state index contributed by atoms with van der Waals surface area (Å²) in [6.07, 6.45) is 8.98. The Balaban J connectivity index is 2.43. The highest BCUT2D eigenvalue weighted by Gasteiger charge is 2.36. The van der Waals surface area contributed by atoms with Gasteiger partial charge in [0, 0.05) is 0 Å². The average Bonchev–Trinajstić information content (AvgIpc) is 2.94. The van der Waals surface area contributed by atoms with Gasteiger partial charge in [-0.15, -0.1) is 0 Å². The Morgan fingerprint density at radius 2 is 2.05 bits per heavy atom. The summed E-state index contributed by atoms with van der Waals surface area (Å²) in [6.45, 7) is 2.20. The zero-order valence-corrected chi connectivity index (χ0v) is 12.4. The highest BCUT2D eigenvalue weighted by atomic mass is 16.5. The van der Waals surface area contributed by atoms with Crippen LogP contribution in [0.2, 0.25) is 0 Å². The van der Waals surface area contributed by atoms with Gasteiger partial charge >= 0.3 is 0 Å². The van der Waals surface area contributed by atoms with Crippen LogP contribution in [0.1, 0.15) is 67.8 Å². The quantitative estimate of drug-likeness (QED) is 0.791. The Labute approximate surface area is 121 Å². The maximum Gasteiger partial charge on any atom is 0.157 e. The third-order valence-electron chi connectivity index (χ3n) is 4.64. The molecule has 0 radical (unpaired) electrons. The summed E-state index contributed by atoms with van der Waals surface area (Å²) in [4.78, 5) is 11.1. The van der Waals surface area contributed by atoms with Crippen molar-refractivity contribution < 1.29 is 14.6 Å². The molecule has 110 valence electrons. The molecule has 1 aliphatic rings. The van der Waals surface area contributed by atoms with Crippen LogP contribution in [0.4, 0.5) is 0 Å². The van der Waals surface area contributed by atoms with Gasteiger partial charge < -0.3 is 9.84 Å². The van der Waals surface area contributed by atoms with E-state index in [1.54, 1.807) is 13.2 Å². The molecule has 1 aromatic rings. The number of phenolic OH excluding ortho intramolecular Hbond substituents is 1. The Morgan fingerprint density at radius 3 is 2.60 bits per heavy atom. The zero-order valence-electron chi connectivity index (χ0n) is 12.4. The Kier molecular flexibility index (Phi) is 4.69. The minimum Gasteiger partial charge on any atom is -0.507 e. The molecule has 1 aliphatic carbocycles. The molecule has 0 spiro atoms. The van der Waals surface area contributed by atoms with E-state index in [0.29, 0.717) is 12.0 Å². The number of benzene rings is 1. The second-order valence-electron chi connectivity index (χ2n) is 5.82. The lowest BCUT2D eigenvalue weighted by molar-refractivity contribution is 0.111. The van der Waals surface area contributed by atoms with Crippen molar-refractivity contribution in [1.82, 2.24) is 0 Å².